The molecule has 98 valence electrons. The van der Waals surface area contributed by atoms with Crippen LogP contribution in [0.15, 0.2) is 0 Å². The highest BCUT2D eigenvalue weighted by molar-refractivity contribution is 4.93. The summed E-state index contributed by atoms with van der Waals surface area (Å²) in [4.78, 5) is 0. The van der Waals surface area contributed by atoms with Crippen LogP contribution in [0.25, 0.3) is 0 Å². The lowest BCUT2D eigenvalue weighted by Crippen LogP contribution is -2.41. The highest BCUT2D eigenvalue weighted by atomic mass is 14.5. The van der Waals surface area contributed by atoms with Crippen molar-refractivity contribution in [3.05, 3.63) is 0 Å². The van der Waals surface area contributed by atoms with Crippen molar-refractivity contribution in [1.82, 2.24) is 0 Å². The molecule has 17 heavy (non-hydrogen) atoms. The summed E-state index contributed by atoms with van der Waals surface area (Å²) in [5, 5.41) is 0. The average molecular weight is 234 g/mol. The van der Waals surface area contributed by atoms with Crippen molar-refractivity contribution in [1.29, 1.82) is 0 Å². The standard InChI is InChI=1S/C17H30/c1-11-4-5-14-10-17-13(3)6-12(2)8-16(17)9-15(14)7-11/h11-17H,4-10H2,1-3H3. The van der Waals surface area contributed by atoms with E-state index in [4.69, 9.17) is 0 Å². The molecule has 0 aromatic rings. The van der Waals surface area contributed by atoms with Crippen LogP contribution in [0.1, 0.15) is 65.7 Å². The summed E-state index contributed by atoms with van der Waals surface area (Å²) in [5.41, 5.74) is 0. The molecule has 0 amide bonds. The summed E-state index contributed by atoms with van der Waals surface area (Å²) in [6.07, 6.45) is 10.9. The van der Waals surface area contributed by atoms with Gasteiger partial charge in [-0.1, -0.05) is 27.2 Å². The number of hydrogen-bond donors (Lipinski definition) is 0. The Kier molecular flexibility index (Phi) is 3.26. The molecule has 3 saturated carbocycles. The van der Waals surface area contributed by atoms with Crippen molar-refractivity contribution >= 4 is 0 Å². The first kappa shape index (κ1) is 12.1. The van der Waals surface area contributed by atoms with Gasteiger partial charge < -0.3 is 0 Å². The fourth-order valence-corrected chi connectivity index (χ4v) is 5.66. The van der Waals surface area contributed by atoms with Crippen LogP contribution in [0, 0.1) is 41.4 Å². The zero-order valence-corrected chi connectivity index (χ0v) is 12.0. The van der Waals surface area contributed by atoms with E-state index in [-0.39, 0.29) is 0 Å². The molecule has 0 aliphatic heterocycles. The molecular weight excluding hydrogens is 204 g/mol. The fourth-order valence-electron chi connectivity index (χ4n) is 5.66. The summed E-state index contributed by atoms with van der Waals surface area (Å²) >= 11 is 0. The Morgan fingerprint density at radius 2 is 1.35 bits per heavy atom. The molecule has 3 fully saturated rings. The van der Waals surface area contributed by atoms with Gasteiger partial charge in [-0.3, -0.25) is 0 Å². The van der Waals surface area contributed by atoms with E-state index in [9.17, 15) is 0 Å². The van der Waals surface area contributed by atoms with Gasteiger partial charge in [-0.2, -0.15) is 0 Å². The molecule has 0 radical (unpaired) electrons. The van der Waals surface area contributed by atoms with E-state index in [1.807, 2.05) is 0 Å². The molecule has 0 nitrogen and oxygen atoms in total. The van der Waals surface area contributed by atoms with Crippen molar-refractivity contribution in [3.63, 3.8) is 0 Å². The molecule has 0 aromatic carbocycles. The Hall–Kier alpha value is 0. The minimum Gasteiger partial charge on any atom is -0.0625 e. The molecule has 3 aliphatic rings. The molecule has 7 atom stereocenters. The molecule has 0 spiro atoms. The maximum Gasteiger partial charge on any atom is -0.0357 e. The van der Waals surface area contributed by atoms with E-state index < -0.39 is 0 Å². The predicted octanol–water partition coefficient (Wildman–Crippen LogP) is 5.13. The van der Waals surface area contributed by atoms with E-state index in [0.717, 1.165) is 41.4 Å². The van der Waals surface area contributed by atoms with Gasteiger partial charge in [-0.15, -0.1) is 0 Å². The fraction of sp³-hybridized carbons (Fsp3) is 1.00. The van der Waals surface area contributed by atoms with Crippen molar-refractivity contribution < 1.29 is 0 Å². The summed E-state index contributed by atoms with van der Waals surface area (Å²) in [6, 6.07) is 0. The summed E-state index contributed by atoms with van der Waals surface area (Å²) in [7, 11) is 0. The van der Waals surface area contributed by atoms with Gasteiger partial charge in [-0.05, 0) is 80.0 Å². The number of fused-ring (bicyclic) bond motifs is 2. The Morgan fingerprint density at radius 1 is 0.588 bits per heavy atom. The van der Waals surface area contributed by atoms with Crippen LogP contribution >= 0.6 is 0 Å². The monoisotopic (exact) mass is 234 g/mol. The van der Waals surface area contributed by atoms with Crippen LogP contribution < -0.4 is 0 Å². The van der Waals surface area contributed by atoms with Crippen molar-refractivity contribution in [2.75, 3.05) is 0 Å². The topological polar surface area (TPSA) is 0 Å². The van der Waals surface area contributed by atoms with Crippen LogP contribution in [-0.2, 0) is 0 Å². The van der Waals surface area contributed by atoms with Gasteiger partial charge >= 0.3 is 0 Å². The third kappa shape index (κ3) is 2.29. The van der Waals surface area contributed by atoms with Crippen molar-refractivity contribution in [3.8, 4) is 0 Å². The number of hydrogen-bond acceptors (Lipinski definition) is 0. The van der Waals surface area contributed by atoms with Gasteiger partial charge in [0.2, 0.25) is 0 Å². The first-order valence-corrected chi connectivity index (χ1v) is 8.13. The molecule has 0 saturated heterocycles. The predicted molar refractivity (Wildman–Crippen MR) is 73.8 cm³/mol. The summed E-state index contributed by atoms with van der Waals surface area (Å²) in [6.45, 7) is 7.51. The highest BCUT2D eigenvalue weighted by Crippen LogP contribution is 2.53. The Balaban J connectivity index is 1.71. The van der Waals surface area contributed by atoms with Gasteiger partial charge in [0.25, 0.3) is 0 Å². The van der Waals surface area contributed by atoms with Gasteiger partial charge in [-0.25, -0.2) is 0 Å². The minimum atomic E-state index is 1.00. The van der Waals surface area contributed by atoms with Gasteiger partial charge in [0.05, 0.1) is 0 Å². The van der Waals surface area contributed by atoms with Crippen LogP contribution in [0.2, 0.25) is 0 Å². The minimum absolute atomic E-state index is 1.00. The zero-order valence-electron chi connectivity index (χ0n) is 12.0. The molecular formula is C17H30. The van der Waals surface area contributed by atoms with E-state index in [1.165, 1.54) is 12.8 Å². The highest BCUT2D eigenvalue weighted by Gasteiger charge is 2.43. The first-order valence-electron chi connectivity index (χ1n) is 8.13. The van der Waals surface area contributed by atoms with Gasteiger partial charge in [0.1, 0.15) is 0 Å². The average Bonchev–Trinajstić information content (AvgIpc) is 2.26. The molecule has 0 bridgehead atoms. The summed E-state index contributed by atoms with van der Waals surface area (Å²) < 4.78 is 0. The quantitative estimate of drug-likeness (QED) is 0.545. The molecule has 3 aliphatic carbocycles. The van der Waals surface area contributed by atoms with E-state index >= 15 is 0 Å². The normalized spacial score (nSPS) is 54.9. The Morgan fingerprint density at radius 3 is 2.18 bits per heavy atom. The van der Waals surface area contributed by atoms with E-state index in [1.54, 1.807) is 32.1 Å². The lowest BCUT2D eigenvalue weighted by Gasteiger charge is -2.50. The van der Waals surface area contributed by atoms with Crippen LogP contribution in [0.4, 0.5) is 0 Å². The smallest absolute Gasteiger partial charge is 0.0357 e. The lowest BCUT2D eigenvalue weighted by atomic mass is 9.55. The molecule has 7 unspecified atom stereocenters. The molecule has 0 N–H and O–H groups in total. The van der Waals surface area contributed by atoms with E-state index in [0.29, 0.717) is 0 Å². The first-order chi connectivity index (χ1) is 8.13. The largest absolute Gasteiger partial charge is 0.0625 e. The van der Waals surface area contributed by atoms with Crippen molar-refractivity contribution in [2.45, 2.75) is 65.7 Å². The van der Waals surface area contributed by atoms with Crippen LogP contribution in [0.5, 0.6) is 0 Å². The van der Waals surface area contributed by atoms with Gasteiger partial charge in [0.15, 0.2) is 0 Å². The second kappa shape index (κ2) is 4.59. The zero-order chi connectivity index (χ0) is 12.0. The van der Waals surface area contributed by atoms with Gasteiger partial charge in [0, 0.05) is 0 Å². The second-order valence-corrected chi connectivity index (χ2v) is 7.89. The molecule has 0 heteroatoms. The number of rotatable bonds is 0. The molecule has 0 heterocycles. The SMILES string of the molecule is CC1CCC2CC3C(C)CC(C)CC3CC2C1. The third-order valence-corrected chi connectivity index (χ3v) is 6.40. The third-order valence-electron chi connectivity index (χ3n) is 6.40. The lowest BCUT2D eigenvalue weighted by molar-refractivity contribution is -0.00235. The Labute approximate surface area is 108 Å². The van der Waals surface area contributed by atoms with E-state index in [2.05, 4.69) is 20.8 Å². The second-order valence-electron chi connectivity index (χ2n) is 7.89. The summed E-state index contributed by atoms with van der Waals surface area (Å²) in [5.74, 6) is 7.46. The Bertz CT molecular complexity index is 269. The maximum absolute atomic E-state index is 2.54. The molecule has 3 rings (SSSR count). The van der Waals surface area contributed by atoms with Crippen LogP contribution in [0.3, 0.4) is 0 Å². The molecule has 0 aromatic heterocycles. The maximum atomic E-state index is 2.54. The van der Waals surface area contributed by atoms with Crippen LogP contribution in [-0.4, -0.2) is 0 Å². The van der Waals surface area contributed by atoms with Crippen molar-refractivity contribution in [2.24, 2.45) is 41.4 Å².